The van der Waals surface area contributed by atoms with Crippen molar-refractivity contribution in [2.75, 3.05) is 7.11 Å². The van der Waals surface area contributed by atoms with Gasteiger partial charge in [-0.25, -0.2) is 23.5 Å². The molecule has 0 radical (unpaired) electrons. The Hall–Kier alpha value is -2.28. The summed E-state index contributed by atoms with van der Waals surface area (Å²) in [6.07, 6.45) is 1.35. The molecule has 116 valence electrons. The van der Waals surface area contributed by atoms with Gasteiger partial charge in [-0.2, -0.15) is 0 Å². The predicted molar refractivity (Wildman–Crippen MR) is 74.5 cm³/mol. The van der Waals surface area contributed by atoms with E-state index in [0.717, 1.165) is 19.2 Å². The molecule has 0 aliphatic heterocycles. The van der Waals surface area contributed by atoms with Crippen LogP contribution in [0.15, 0.2) is 30.5 Å². The van der Waals surface area contributed by atoms with Gasteiger partial charge in [0.25, 0.3) is 5.92 Å². The minimum Gasteiger partial charge on any atom is -0.464 e. The topological polar surface area (TPSA) is 61.3 Å². The number of methoxy groups -OCH3 is 1. The lowest BCUT2D eigenvalue weighted by atomic mass is 10.1. The number of carbonyl (C=O) groups is 1. The van der Waals surface area contributed by atoms with Gasteiger partial charge in [0, 0.05) is 19.2 Å². The Kier molecular flexibility index (Phi) is 4.56. The van der Waals surface area contributed by atoms with Crippen molar-refractivity contribution in [1.82, 2.24) is 9.97 Å². The predicted octanol–water partition coefficient (Wildman–Crippen LogP) is 3.82. The molecule has 0 bridgehead atoms. The third kappa shape index (κ3) is 3.67. The highest BCUT2D eigenvalue weighted by atomic mass is 35.5. The number of carbonyl (C=O) groups excluding carboxylic acids is 1. The standard InChI is InChI=1S/C14H11ClF2N2O3/c1-14(16,17)9-3-4-10(13(20)21-2)19-12(9)22-8-5-6-18-11(15)7-8/h3-7H,1-2H3. The number of esters is 1. The molecule has 0 fully saturated rings. The molecule has 2 rings (SSSR count). The van der Waals surface area contributed by atoms with Crippen molar-refractivity contribution in [2.24, 2.45) is 0 Å². The second-order valence-electron chi connectivity index (χ2n) is 4.35. The quantitative estimate of drug-likeness (QED) is 0.630. The third-order valence-electron chi connectivity index (χ3n) is 2.64. The zero-order valence-electron chi connectivity index (χ0n) is 11.6. The molecule has 0 atom stereocenters. The van der Waals surface area contributed by atoms with Crippen molar-refractivity contribution in [3.63, 3.8) is 0 Å². The Bertz CT molecular complexity index is 705. The summed E-state index contributed by atoms with van der Waals surface area (Å²) >= 11 is 5.71. The molecule has 2 heterocycles. The molecule has 0 saturated heterocycles. The number of aromatic nitrogens is 2. The van der Waals surface area contributed by atoms with Gasteiger partial charge in [-0.1, -0.05) is 11.6 Å². The summed E-state index contributed by atoms with van der Waals surface area (Å²) in [5, 5.41) is 0.131. The van der Waals surface area contributed by atoms with Crippen LogP contribution in [0, 0.1) is 0 Å². The first-order valence-corrected chi connectivity index (χ1v) is 6.46. The van der Waals surface area contributed by atoms with E-state index in [4.69, 9.17) is 16.3 Å². The van der Waals surface area contributed by atoms with Gasteiger partial charge in [0.15, 0.2) is 5.69 Å². The number of nitrogens with zero attached hydrogens (tertiary/aromatic N) is 2. The summed E-state index contributed by atoms with van der Waals surface area (Å²) in [4.78, 5) is 19.0. The van der Waals surface area contributed by atoms with Crippen LogP contribution in [0.5, 0.6) is 11.6 Å². The van der Waals surface area contributed by atoms with Gasteiger partial charge >= 0.3 is 5.97 Å². The molecule has 0 N–H and O–H groups in total. The zero-order valence-corrected chi connectivity index (χ0v) is 12.4. The molecule has 2 aromatic heterocycles. The molecule has 0 saturated carbocycles. The highest BCUT2D eigenvalue weighted by Gasteiger charge is 2.31. The second-order valence-corrected chi connectivity index (χ2v) is 4.73. The number of halogens is 3. The van der Waals surface area contributed by atoms with Crippen LogP contribution < -0.4 is 4.74 Å². The van der Waals surface area contributed by atoms with Crippen LogP contribution in [0.4, 0.5) is 8.78 Å². The van der Waals surface area contributed by atoms with E-state index < -0.39 is 23.3 Å². The first-order valence-electron chi connectivity index (χ1n) is 6.08. The minimum atomic E-state index is -3.20. The molecule has 22 heavy (non-hydrogen) atoms. The molecular formula is C14H11ClF2N2O3. The van der Waals surface area contributed by atoms with Crippen LogP contribution in [0.2, 0.25) is 5.15 Å². The highest BCUT2D eigenvalue weighted by molar-refractivity contribution is 6.29. The molecule has 0 aliphatic carbocycles. The first-order chi connectivity index (χ1) is 10.3. The van der Waals surface area contributed by atoms with Gasteiger partial charge in [-0.15, -0.1) is 0 Å². The monoisotopic (exact) mass is 328 g/mol. The summed E-state index contributed by atoms with van der Waals surface area (Å²) in [5.74, 6) is -4.20. The second kappa shape index (κ2) is 6.23. The van der Waals surface area contributed by atoms with Crippen LogP contribution in [0.1, 0.15) is 23.0 Å². The lowest BCUT2D eigenvalue weighted by Gasteiger charge is -2.16. The number of ether oxygens (including phenoxy) is 2. The van der Waals surface area contributed by atoms with E-state index in [1.165, 1.54) is 18.3 Å². The van der Waals surface area contributed by atoms with Crippen molar-refractivity contribution in [3.05, 3.63) is 46.9 Å². The van der Waals surface area contributed by atoms with Crippen molar-refractivity contribution in [1.29, 1.82) is 0 Å². The van der Waals surface area contributed by atoms with E-state index in [2.05, 4.69) is 14.7 Å². The van der Waals surface area contributed by atoms with Gasteiger partial charge in [0.1, 0.15) is 10.9 Å². The van der Waals surface area contributed by atoms with E-state index >= 15 is 0 Å². The van der Waals surface area contributed by atoms with Crippen LogP contribution >= 0.6 is 11.6 Å². The maximum absolute atomic E-state index is 13.6. The van der Waals surface area contributed by atoms with E-state index in [1.54, 1.807) is 0 Å². The Balaban J connectivity index is 2.47. The minimum absolute atomic E-state index is 0.131. The van der Waals surface area contributed by atoms with Gasteiger partial charge in [-0.3, -0.25) is 0 Å². The Morgan fingerprint density at radius 1 is 1.32 bits per heavy atom. The molecule has 0 aromatic carbocycles. The van der Waals surface area contributed by atoms with E-state index in [9.17, 15) is 13.6 Å². The van der Waals surface area contributed by atoms with Crippen LogP contribution in [-0.2, 0) is 10.7 Å². The highest BCUT2D eigenvalue weighted by Crippen LogP contribution is 2.35. The molecule has 0 unspecified atom stereocenters. The lowest BCUT2D eigenvalue weighted by molar-refractivity contribution is 0.0147. The maximum Gasteiger partial charge on any atom is 0.356 e. The smallest absolute Gasteiger partial charge is 0.356 e. The fraction of sp³-hybridized carbons (Fsp3) is 0.214. The fourth-order valence-electron chi connectivity index (χ4n) is 1.63. The molecule has 5 nitrogen and oxygen atoms in total. The molecule has 0 aliphatic rings. The summed E-state index contributed by atoms with van der Waals surface area (Å²) in [6, 6.07) is 4.98. The normalized spacial score (nSPS) is 11.1. The van der Waals surface area contributed by atoms with Crippen molar-refractivity contribution < 1.29 is 23.0 Å². The van der Waals surface area contributed by atoms with Gasteiger partial charge < -0.3 is 9.47 Å². The Labute approximate surface area is 129 Å². The molecule has 0 spiro atoms. The lowest BCUT2D eigenvalue weighted by Crippen LogP contribution is -2.13. The van der Waals surface area contributed by atoms with Crippen molar-refractivity contribution in [3.8, 4) is 11.6 Å². The molecule has 0 amide bonds. The van der Waals surface area contributed by atoms with Crippen molar-refractivity contribution >= 4 is 17.6 Å². The van der Waals surface area contributed by atoms with E-state index in [0.29, 0.717) is 6.92 Å². The fourth-order valence-corrected chi connectivity index (χ4v) is 1.79. The van der Waals surface area contributed by atoms with E-state index in [1.807, 2.05) is 0 Å². The van der Waals surface area contributed by atoms with Crippen LogP contribution in [0.25, 0.3) is 0 Å². The van der Waals surface area contributed by atoms with Crippen LogP contribution in [-0.4, -0.2) is 23.0 Å². The summed E-state index contributed by atoms with van der Waals surface area (Å²) in [5.41, 5.74) is -0.612. The summed E-state index contributed by atoms with van der Waals surface area (Å²) in [6.45, 7) is 0.703. The largest absolute Gasteiger partial charge is 0.464 e. The Morgan fingerprint density at radius 2 is 2.05 bits per heavy atom. The van der Waals surface area contributed by atoms with Gasteiger partial charge in [0.05, 0.1) is 12.7 Å². The number of hydrogen-bond donors (Lipinski definition) is 0. The van der Waals surface area contributed by atoms with Crippen molar-refractivity contribution in [2.45, 2.75) is 12.8 Å². The average Bonchev–Trinajstić information content (AvgIpc) is 2.45. The maximum atomic E-state index is 13.6. The van der Waals surface area contributed by atoms with Gasteiger partial charge in [0.2, 0.25) is 5.88 Å². The number of hydrogen-bond acceptors (Lipinski definition) is 5. The molecular weight excluding hydrogens is 318 g/mol. The number of pyridine rings is 2. The van der Waals surface area contributed by atoms with Crippen LogP contribution in [0.3, 0.4) is 0 Å². The summed E-state index contributed by atoms with van der Waals surface area (Å²) < 4.78 is 37.1. The molecule has 8 heteroatoms. The molecule has 2 aromatic rings. The summed E-state index contributed by atoms with van der Waals surface area (Å²) in [7, 11) is 1.16. The third-order valence-corrected chi connectivity index (χ3v) is 2.85. The average molecular weight is 329 g/mol. The van der Waals surface area contributed by atoms with E-state index in [-0.39, 0.29) is 16.6 Å². The SMILES string of the molecule is COC(=O)c1ccc(C(C)(F)F)c(Oc2ccnc(Cl)c2)n1. The first kappa shape index (κ1) is 16.1. The number of rotatable bonds is 4. The zero-order chi connectivity index (χ0) is 16.3. The Morgan fingerprint density at radius 3 is 2.64 bits per heavy atom. The number of alkyl halides is 2. The van der Waals surface area contributed by atoms with Gasteiger partial charge in [-0.05, 0) is 18.2 Å².